The molecule has 0 atom stereocenters. The van der Waals surface area contributed by atoms with Crippen LogP contribution in [0.25, 0.3) is 17.2 Å². The molecule has 0 bridgehead atoms. The highest BCUT2D eigenvalue weighted by Gasteiger charge is 2.33. The molecule has 0 aliphatic rings. The van der Waals surface area contributed by atoms with Gasteiger partial charge >= 0.3 is 6.18 Å². The van der Waals surface area contributed by atoms with Gasteiger partial charge in [-0.05, 0) is 6.07 Å². The van der Waals surface area contributed by atoms with E-state index in [9.17, 15) is 13.2 Å². The van der Waals surface area contributed by atoms with Gasteiger partial charge in [0.25, 0.3) is 5.78 Å². The van der Waals surface area contributed by atoms with Gasteiger partial charge in [-0.3, -0.25) is 4.40 Å². The van der Waals surface area contributed by atoms with Crippen molar-refractivity contribution < 1.29 is 13.2 Å². The summed E-state index contributed by atoms with van der Waals surface area (Å²) in [6, 6.07) is 9.97. The fourth-order valence-electron chi connectivity index (χ4n) is 1.73. The second-order valence-corrected chi connectivity index (χ2v) is 3.87. The molecule has 0 saturated heterocycles. The molecule has 19 heavy (non-hydrogen) atoms. The summed E-state index contributed by atoms with van der Waals surface area (Å²) in [5.41, 5.74) is -0.219. The predicted octanol–water partition coefficient (Wildman–Crippen LogP) is 2.81. The van der Waals surface area contributed by atoms with Crippen LogP contribution in [-0.2, 0) is 6.18 Å². The van der Waals surface area contributed by atoms with Crippen molar-refractivity contribution >= 4 is 5.78 Å². The molecule has 2 aromatic heterocycles. The van der Waals surface area contributed by atoms with E-state index < -0.39 is 11.9 Å². The molecule has 0 spiro atoms. The van der Waals surface area contributed by atoms with Gasteiger partial charge in [0.15, 0.2) is 5.82 Å². The lowest BCUT2D eigenvalue weighted by molar-refractivity contribution is -0.141. The summed E-state index contributed by atoms with van der Waals surface area (Å²) < 4.78 is 39.0. The lowest BCUT2D eigenvalue weighted by Gasteiger charge is -2.05. The van der Waals surface area contributed by atoms with E-state index in [1.807, 2.05) is 18.2 Å². The summed E-state index contributed by atoms with van der Waals surface area (Å²) in [5, 5.41) is 7.54. The zero-order valence-electron chi connectivity index (χ0n) is 9.46. The predicted molar refractivity (Wildman–Crippen MR) is 61.2 cm³/mol. The van der Waals surface area contributed by atoms with Crippen molar-refractivity contribution in [3.05, 3.63) is 48.3 Å². The molecule has 7 heteroatoms. The standard InChI is InChI=1S/C12H7F3N4/c13-12(14,15)9-6-7-19-10(17-18-11(19)16-9)8-4-2-1-3-5-8/h1-7H. The maximum absolute atomic E-state index is 12.5. The van der Waals surface area contributed by atoms with Crippen molar-refractivity contribution in [3.63, 3.8) is 0 Å². The van der Waals surface area contributed by atoms with Gasteiger partial charge in [-0.15, -0.1) is 10.2 Å². The molecule has 4 nitrogen and oxygen atoms in total. The van der Waals surface area contributed by atoms with Crippen molar-refractivity contribution in [2.24, 2.45) is 0 Å². The molecule has 3 rings (SSSR count). The van der Waals surface area contributed by atoms with Crippen molar-refractivity contribution in [2.45, 2.75) is 6.18 Å². The second kappa shape index (κ2) is 4.04. The Morgan fingerprint density at radius 3 is 2.37 bits per heavy atom. The number of nitrogens with zero attached hydrogens (tertiary/aromatic N) is 4. The molecule has 3 aromatic rings. The Balaban J connectivity index is 2.16. The topological polar surface area (TPSA) is 43.1 Å². The Kier molecular flexibility index (Phi) is 2.48. The van der Waals surface area contributed by atoms with Gasteiger partial charge in [0, 0.05) is 11.8 Å². The summed E-state index contributed by atoms with van der Waals surface area (Å²) in [4.78, 5) is 3.46. The minimum atomic E-state index is -4.49. The third kappa shape index (κ3) is 2.03. The molecular weight excluding hydrogens is 257 g/mol. The van der Waals surface area contributed by atoms with Gasteiger partial charge in [-0.25, -0.2) is 4.98 Å². The average Bonchev–Trinajstić information content (AvgIpc) is 2.81. The van der Waals surface area contributed by atoms with Crippen LogP contribution in [0.2, 0.25) is 0 Å². The minimum Gasteiger partial charge on any atom is -0.266 e. The van der Waals surface area contributed by atoms with E-state index in [1.54, 1.807) is 12.1 Å². The van der Waals surface area contributed by atoms with Crippen LogP contribution in [0, 0.1) is 0 Å². The largest absolute Gasteiger partial charge is 0.433 e. The number of benzene rings is 1. The highest BCUT2D eigenvalue weighted by molar-refractivity contribution is 5.57. The average molecular weight is 264 g/mol. The third-order valence-electron chi connectivity index (χ3n) is 2.60. The molecule has 96 valence electrons. The first-order valence-electron chi connectivity index (χ1n) is 5.40. The van der Waals surface area contributed by atoms with E-state index in [0.717, 1.165) is 11.6 Å². The first-order valence-corrected chi connectivity index (χ1v) is 5.40. The molecule has 0 radical (unpaired) electrons. The SMILES string of the molecule is FC(F)(F)c1ccn2c(-c3ccccc3)nnc2n1. The van der Waals surface area contributed by atoms with Crippen molar-refractivity contribution in [2.75, 3.05) is 0 Å². The molecule has 0 saturated carbocycles. The summed E-state index contributed by atoms with van der Waals surface area (Å²) in [7, 11) is 0. The van der Waals surface area contributed by atoms with E-state index in [1.165, 1.54) is 10.6 Å². The number of fused-ring (bicyclic) bond motifs is 1. The minimum absolute atomic E-state index is 0.0753. The summed E-state index contributed by atoms with van der Waals surface area (Å²) in [6.07, 6.45) is -3.21. The van der Waals surface area contributed by atoms with Crippen LogP contribution >= 0.6 is 0 Å². The maximum atomic E-state index is 12.5. The Morgan fingerprint density at radius 1 is 0.947 bits per heavy atom. The fourth-order valence-corrected chi connectivity index (χ4v) is 1.73. The molecule has 2 heterocycles. The summed E-state index contributed by atoms with van der Waals surface area (Å²) >= 11 is 0. The molecule has 0 N–H and O–H groups in total. The van der Waals surface area contributed by atoms with Gasteiger partial charge in [-0.1, -0.05) is 30.3 Å². The first kappa shape index (κ1) is 11.6. The smallest absolute Gasteiger partial charge is 0.266 e. The number of rotatable bonds is 1. The Morgan fingerprint density at radius 2 is 1.68 bits per heavy atom. The maximum Gasteiger partial charge on any atom is 0.433 e. The van der Waals surface area contributed by atoms with Crippen LogP contribution in [0.4, 0.5) is 13.2 Å². The van der Waals surface area contributed by atoms with Gasteiger partial charge in [0.2, 0.25) is 0 Å². The number of aromatic nitrogens is 4. The number of alkyl halides is 3. The normalized spacial score (nSPS) is 11.9. The Labute approximate surface area is 105 Å². The lowest BCUT2D eigenvalue weighted by Crippen LogP contribution is -2.09. The number of hydrogen-bond acceptors (Lipinski definition) is 3. The zero-order valence-corrected chi connectivity index (χ0v) is 9.46. The fraction of sp³-hybridized carbons (Fsp3) is 0.0833. The van der Waals surface area contributed by atoms with Crippen LogP contribution in [0.3, 0.4) is 0 Å². The van der Waals surface area contributed by atoms with Crippen LogP contribution in [0.15, 0.2) is 42.6 Å². The van der Waals surface area contributed by atoms with Crippen LogP contribution in [-0.4, -0.2) is 19.6 Å². The third-order valence-corrected chi connectivity index (χ3v) is 2.60. The highest BCUT2D eigenvalue weighted by Crippen LogP contribution is 2.28. The van der Waals surface area contributed by atoms with E-state index in [4.69, 9.17) is 0 Å². The van der Waals surface area contributed by atoms with Crippen molar-refractivity contribution in [1.82, 2.24) is 19.6 Å². The second-order valence-electron chi connectivity index (χ2n) is 3.87. The lowest BCUT2D eigenvalue weighted by atomic mass is 10.2. The van der Waals surface area contributed by atoms with Crippen LogP contribution in [0.1, 0.15) is 5.69 Å². The molecule has 0 aliphatic carbocycles. The molecule has 0 amide bonds. The van der Waals surface area contributed by atoms with Crippen molar-refractivity contribution in [1.29, 1.82) is 0 Å². The van der Waals surface area contributed by atoms with Gasteiger partial charge in [-0.2, -0.15) is 13.2 Å². The Hall–Kier alpha value is -2.44. The van der Waals surface area contributed by atoms with Crippen LogP contribution in [0.5, 0.6) is 0 Å². The Bertz CT molecular complexity index is 719. The summed E-state index contributed by atoms with van der Waals surface area (Å²) in [6.45, 7) is 0. The first-order chi connectivity index (χ1) is 9.05. The highest BCUT2D eigenvalue weighted by atomic mass is 19.4. The molecule has 0 fully saturated rings. The molecular formula is C12H7F3N4. The van der Waals surface area contributed by atoms with Gasteiger partial charge in [0.05, 0.1) is 0 Å². The van der Waals surface area contributed by atoms with E-state index in [0.29, 0.717) is 5.82 Å². The van der Waals surface area contributed by atoms with Crippen molar-refractivity contribution in [3.8, 4) is 11.4 Å². The molecule has 1 aromatic carbocycles. The van der Waals surface area contributed by atoms with E-state index in [2.05, 4.69) is 15.2 Å². The quantitative estimate of drug-likeness (QED) is 0.678. The molecule has 0 aliphatic heterocycles. The van der Waals surface area contributed by atoms with Crippen LogP contribution < -0.4 is 0 Å². The summed E-state index contributed by atoms with van der Waals surface area (Å²) in [5.74, 6) is 0.380. The number of hydrogen-bond donors (Lipinski definition) is 0. The van der Waals surface area contributed by atoms with Gasteiger partial charge < -0.3 is 0 Å². The van der Waals surface area contributed by atoms with Gasteiger partial charge in [0.1, 0.15) is 5.69 Å². The molecule has 0 unspecified atom stereocenters. The van der Waals surface area contributed by atoms with E-state index >= 15 is 0 Å². The number of halogens is 3. The monoisotopic (exact) mass is 264 g/mol. The van der Waals surface area contributed by atoms with E-state index in [-0.39, 0.29) is 5.78 Å². The zero-order chi connectivity index (χ0) is 13.5.